The Bertz CT molecular complexity index is 175. The van der Waals surface area contributed by atoms with Gasteiger partial charge in [0.15, 0.2) is 0 Å². The largest absolute Gasteiger partial charge is 0.375 e. The molecule has 0 amide bonds. The van der Waals surface area contributed by atoms with Crippen LogP contribution < -0.4 is 0 Å². The number of likely N-dealkylation sites (tertiary alicyclic amines) is 1. The summed E-state index contributed by atoms with van der Waals surface area (Å²) in [5, 5.41) is 0. The molecule has 0 radical (unpaired) electrons. The molecule has 1 aliphatic heterocycles. The molecule has 0 aromatic heterocycles. The zero-order valence-corrected chi connectivity index (χ0v) is 10.4. The van der Waals surface area contributed by atoms with E-state index < -0.39 is 0 Å². The van der Waals surface area contributed by atoms with Crippen LogP contribution in [-0.2, 0) is 4.74 Å². The molecule has 0 aliphatic carbocycles. The van der Waals surface area contributed by atoms with Crippen LogP contribution in [0.2, 0.25) is 0 Å². The minimum absolute atomic E-state index is 0.00631. The van der Waals surface area contributed by atoms with E-state index in [1.54, 1.807) is 0 Å². The fraction of sp³-hybridized carbons (Fsp3) is 1.00. The van der Waals surface area contributed by atoms with Crippen molar-refractivity contribution in [3.8, 4) is 0 Å². The van der Waals surface area contributed by atoms with E-state index in [4.69, 9.17) is 4.74 Å². The van der Waals surface area contributed by atoms with E-state index in [9.17, 15) is 0 Å². The maximum absolute atomic E-state index is 5.89. The van der Waals surface area contributed by atoms with Crippen molar-refractivity contribution in [2.45, 2.75) is 46.1 Å². The summed E-state index contributed by atoms with van der Waals surface area (Å²) in [4.78, 5) is 2.40. The lowest BCUT2D eigenvalue weighted by Crippen LogP contribution is -2.40. The van der Waals surface area contributed by atoms with Crippen molar-refractivity contribution in [1.82, 2.24) is 4.90 Å². The Morgan fingerprint density at radius 3 is 2.14 bits per heavy atom. The van der Waals surface area contributed by atoms with Crippen molar-refractivity contribution in [3.63, 3.8) is 0 Å². The number of piperidine rings is 1. The molecule has 0 spiro atoms. The first-order valence-corrected chi connectivity index (χ1v) is 5.63. The smallest absolute Gasteiger partial charge is 0.0598 e. The standard InChI is InChI=1S/C12H25NO/c1-11(2,3)14-10-12(4)6-8-13(5)9-7-12/h6-10H2,1-5H3. The predicted molar refractivity (Wildman–Crippen MR) is 60.5 cm³/mol. The minimum atomic E-state index is 0.00631. The van der Waals surface area contributed by atoms with Crippen LogP contribution in [0.5, 0.6) is 0 Å². The number of hydrogen-bond donors (Lipinski definition) is 0. The van der Waals surface area contributed by atoms with Crippen LogP contribution in [0.3, 0.4) is 0 Å². The van der Waals surface area contributed by atoms with Crippen LogP contribution in [0.4, 0.5) is 0 Å². The van der Waals surface area contributed by atoms with Gasteiger partial charge in [0.05, 0.1) is 12.2 Å². The second-order valence-electron chi connectivity index (χ2n) is 6.01. The Morgan fingerprint density at radius 2 is 1.71 bits per heavy atom. The molecule has 2 nitrogen and oxygen atoms in total. The van der Waals surface area contributed by atoms with Crippen molar-refractivity contribution in [2.24, 2.45) is 5.41 Å². The molecule has 0 atom stereocenters. The van der Waals surface area contributed by atoms with E-state index in [0.717, 1.165) is 6.61 Å². The average Bonchev–Trinajstić information content (AvgIpc) is 2.07. The molecule has 0 aromatic rings. The van der Waals surface area contributed by atoms with Gasteiger partial charge in [-0.1, -0.05) is 6.92 Å². The number of nitrogens with zero attached hydrogens (tertiary/aromatic N) is 1. The Morgan fingerprint density at radius 1 is 1.21 bits per heavy atom. The van der Waals surface area contributed by atoms with E-state index in [1.165, 1.54) is 25.9 Å². The Kier molecular flexibility index (Phi) is 3.59. The van der Waals surface area contributed by atoms with Crippen molar-refractivity contribution in [2.75, 3.05) is 26.7 Å². The van der Waals surface area contributed by atoms with Gasteiger partial charge in [0, 0.05) is 0 Å². The molecule has 0 bridgehead atoms. The van der Waals surface area contributed by atoms with E-state index in [1.807, 2.05) is 0 Å². The second kappa shape index (κ2) is 4.19. The molecule has 1 fully saturated rings. The third kappa shape index (κ3) is 3.97. The van der Waals surface area contributed by atoms with Gasteiger partial charge in [0.1, 0.15) is 0 Å². The van der Waals surface area contributed by atoms with Crippen LogP contribution in [0.15, 0.2) is 0 Å². The van der Waals surface area contributed by atoms with Crippen molar-refractivity contribution < 1.29 is 4.74 Å². The maximum Gasteiger partial charge on any atom is 0.0598 e. The molecular formula is C12H25NO. The van der Waals surface area contributed by atoms with Crippen LogP contribution >= 0.6 is 0 Å². The first-order chi connectivity index (χ1) is 6.31. The van der Waals surface area contributed by atoms with Crippen LogP contribution in [0.1, 0.15) is 40.5 Å². The molecule has 0 aromatic carbocycles. The highest BCUT2D eigenvalue weighted by Crippen LogP contribution is 2.31. The summed E-state index contributed by atoms with van der Waals surface area (Å²) < 4.78 is 5.89. The van der Waals surface area contributed by atoms with Gasteiger partial charge < -0.3 is 9.64 Å². The molecule has 1 heterocycles. The van der Waals surface area contributed by atoms with E-state index >= 15 is 0 Å². The highest BCUT2D eigenvalue weighted by atomic mass is 16.5. The van der Waals surface area contributed by atoms with Crippen molar-refractivity contribution in [3.05, 3.63) is 0 Å². The number of ether oxygens (including phenoxy) is 1. The van der Waals surface area contributed by atoms with E-state index in [-0.39, 0.29) is 5.60 Å². The molecular weight excluding hydrogens is 174 g/mol. The summed E-state index contributed by atoms with van der Waals surface area (Å²) in [7, 11) is 2.20. The maximum atomic E-state index is 5.89. The first-order valence-electron chi connectivity index (χ1n) is 5.63. The van der Waals surface area contributed by atoms with Gasteiger partial charge in [-0.3, -0.25) is 0 Å². The molecule has 84 valence electrons. The number of hydrogen-bond acceptors (Lipinski definition) is 2. The third-order valence-corrected chi connectivity index (χ3v) is 3.05. The van der Waals surface area contributed by atoms with Gasteiger partial charge in [-0.2, -0.15) is 0 Å². The quantitative estimate of drug-likeness (QED) is 0.677. The van der Waals surface area contributed by atoms with Gasteiger partial charge >= 0.3 is 0 Å². The van der Waals surface area contributed by atoms with Gasteiger partial charge in [0.25, 0.3) is 0 Å². The average molecular weight is 199 g/mol. The molecule has 0 unspecified atom stereocenters. The van der Waals surface area contributed by atoms with Crippen LogP contribution in [0.25, 0.3) is 0 Å². The zero-order valence-electron chi connectivity index (χ0n) is 10.4. The lowest BCUT2D eigenvalue weighted by atomic mass is 9.81. The highest BCUT2D eigenvalue weighted by Gasteiger charge is 2.30. The third-order valence-electron chi connectivity index (χ3n) is 3.05. The predicted octanol–water partition coefficient (Wildman–Crippen LogP) is 2.53. The topological polar surface area (TPSA) is 12.5 Å². The molecule has 1 rings (SSSR count). The monoisotopic (exact) mass is 199 g/mol. The second-order valence-corrected chi connectivity index (χ2v) is 6.01. The van der Waals surface area contributed by atoms with E-state index in [2.05, 4.69) is 39.6 Å². The summed E-state index contributed by atoms with van der Waals surface area (Å²) in [5.41, 5.74) is 0.409. The van der Waals surface area contributed by atoms with Gasteiger partial charge in [-0.25, -0.2) is 0 Å². The molecule has 0 N–H and O–H groups in total. The summed E-state index contributed by atoms with van der Waals surface area (Å²) in [6.45, 7) is 12.1. The fourth-order valence-electron chi connectivity index (χ4n) is 1.69. The summed E-state index contributed by atoms with van der Waals surface area (Å²) >= 11 is 0. The zero-order chi connectivity index (χ0) is 10.8. The normalized spacial score (nSPS) is 23.8. The molecule has 0 saturated carbocycles. The SMILES string of the molecule is CN1CCC(C)(COC(C)(C)C)CC1. The highest BCUT2D eigenvalue weighted by molar-refractivity contribution is 4.81. The van der Waals surface area contributed by atoms with Gasteiger partial charge in [-0.15, -0.1) is 0 Å². The first kappa shape index (κ1) is 12.0. The Hall–Kier alpha value is -0.0800. The molecule has 14 heavy (non-hydrogen) atoms. The minimum Gasteiger partial charge on any atom is -0.375 e. The van der Waals surface area contributed by atoms with E-state index in [0.29, 0.717) is 5.41 Å². The molecule has 1 saturated heterocycles. The number of rotatable bonds is 2. The molecule has 2 heteroatoms. The fourth-order valence-corrected chi connectivity index (χ4v) is 1.69. The summed E-state index contributed by atoms with van der Waals surface area (Å²) in [6.07, 6.45) is 2.53. The Labute approximate surface area is 88.6 Å². The van der Waals surface area contributed by atoms with Crippen LogP contribution in [0, 0.1) is 5.41 Å². The van der Waals surface area contributed by atoms with Gasteiger partial charge in [-0.05, 0) is 59.2 Å². The molecule has 1 aliphatic rings. The van der Waals surface area contributed by atoms with Crippen LogP contribution in [-0.4, -0.2) is 37.2 Å². The lowest BCUT2D eigenvalue weighted by molar-refractivity contribution is -0.0626. The Balaban J connectivity index is 2.36. The lowest BCUT2D eigenvalue weighted by Gasteiger charge is -2.39. The summed E-state index contributed by atoms with van der Waals surface area (Å²) in [6, 6.07) is 0. The van der Waals surface area contributed by atoms with Crippen molar-refractivity contribution >= 4 is 0 Å². The van der Waals surface area contributed by atoms with Crippen molar-refractivity contribution in [1.29, 1.82) is 0 Å². The summed E-state index contributed by atoms with van der Waals surface area (Å²) in [5.74, 6) is 0. The van der Waals surface area contributed by atoms with Gasteiger partial charge in [0.2, 0.25) is 0 Å².